The van der Waals surface area contributed by atoms with Crippen LogP contribution < -0.4 is 4.74 Å². The summed E-state index contributed by atoms with van der Waals surface area (Å²) in [5, 5.41) is 10.5. The van der Waals surface area contributed by atoms with Crippen LogP contribution in [0.2, 0.25) is 0 Å². The number of aliphatic hydroxyl groups excluding tert-OH is 1. The Hall–Kier alpha value is -0.540. The summed E-state index contributed by atoms with van der Waals surface area (Å²) in [6.07, 6.45) is 6.96. The molecular formula is C19H25BrO2. The number of hydrogen-bond donors (Lipinski definition) is 1. The number of fused-ring (bicyclic) bond motifs is 5. The summed E-state index contributed by atoms with van der Waals surface area (Å²) >= 11 is 3.63. The average Bonchev–Trinajstić information content (AvgIpc) is 2.82. The molecule has 22 heavy (non-hydrogen) atoms. The average molecular weight is 365 g/mol. The number of aliphatic hydroxyl groups is 1. The zero-order chi connectivity index (χ0) is 15.5. The van der Waals surface area contributed by atoms with Crippen LogP contribution in [0.5, 0.6) is 5.75 Å². The van der Waals surface area contributed by atoms with Crippen LogP contribution in [0.3, 0.4) is 0 Å². The summed E-state index contributed by atoms with van der Waals surface area (Å²) in [5.41, 5.74) is 3.17. The molecule has 1 aromatic carbocycles. The van der Waals surface area contributed by atoms with Gasteiger partial charge in [-0.3, -0.25) is 0 Å². The van der Waals surface area contributed by atoms with Gasteiger partial charge in [-0.25, -0.2) is 0 Å². The molecule has 0 saturated heterocycles. The molecule has 120 valence electrons. The van der Waals surface area contributed by atoms with Gasteiger partial charge in [0.25, 0.3) is 0 Å². The Morgan fingerprint density at radius 1 is 1.23 bits per heavy atom. The first kappa shape index (κ1) is 15.0. The Morgan fingerprint density at radius 2 is 2.05 bits per heavy atom. The van der Waals surface area contributed by atoms with Gasteiger partial charge in [0, 0.05) is 0 Å². The summed E-state index contributed by atoms with van der Waals surface area (Å²) in [7, 11) is 1.75. The number of benzene rings is 1. The van der Waals surface area contributed by atoms with Crippen LogP contribution in [0, 0.1) is 17.3 Å². The standard InChI is InChI=1S/C19H25BrO2/c1-19-8-7-12-13(15(19)5-6-18(19)21)4-3-11-9-16(20)17(22-2)10-14(11)12/h9-10,12-13,15,18,21H,3-8H2,1-2H3/t12-,13+,15-,18-,19-/m0/s1. The molecule has 0 aliphatic heterocycles. The minimum Gasteiger partial charge on any atom is -0.496 e. The van der Waals surface area contributed by atoms with Crippen molar-refractivity contribution in [3.8, 4) is 5.75 Å². The summed E-state index contributed by atoms with van der Waals surface area (Å²) in [6.45, 7) is 2.34. The van der Waals surface area contributed by atoms with Gasteiger partial charge in [-0.2, -0.15) is 0 Å². The molecule has 4 rings (SSSR count). The maximum atomic E-state index is 10.5. The third-order valence-corrected chi connectivity index (χ3v) is 7.57. The summed E-state index contributed by atoms with van der Waals surface area (Å²) in [5.74, 6) is 3.06. The lowest BCUT2D eigenvalue weighted by atomic mass is 9.55. The first-order valence-electron chi connectivity index (χ1n) is 8.59. The SMILES string of the molecule is COc1cc2c(cc1Br)CC[C@@H]1[C@@H]2CC[C@]2(C)[C@@H](O)CC[C@@H]12. The molecule has 1 N–H and O–H groups in total. The molecule has 2 fully saturated rings. The molecule has 0 aromatic heterocycles. The van der Waals surface area contributed by atoms with Crippen molar-refractivity contribution < 1.29 is 9.84 Å². The first-order valence-corrected chi connectivity index (χ1v) is 9.38. The highest BCUT2D eigenvalue weighted by molar-refractivity contribution is 9.10. The van der Waals surface area contributed by atoms with E-state index in [0.717, 1.165) is 29.0 Å². The lowest BCUT2D eigenvalue weighted by Gasteiger charge is -2.50. The number of hydrogen-bond acceptors (Lipinski definition) is 2. The van der Waals surface area contributed by atoms with Crippen LogP contribution in [0.25, 0.3) is 0 Å². The van der Waals surface area contributed by atoms with Crippen molar-refractivity contribution in [1.29, 1.82) is 0 Å². The van der Waals surface area contributed by atoms with Gasteiger partial charge in [0.1, 0.15) is 5.75 Å². The molecule has 0 radical (unpaired) electrons. The number of aryl methyl sites for hydroxylation is 1. The van der Waals surface area contributed by atoms with E-state index >= 15 is 0 Å². The zero-order valence-corrected chi connectivity index (χ0v) is 15.0. The molecule has 3 aliphatic carbocycles. The van der Waals surface area contributed by atoms with Crippen molar-refractivity contribution in [3.05, 3.63) is 27.7 Å². The monoisotopic (exact) mass is 364 g/mol. The molecular weight excluding hydrogens is 340 g/mol. The topological polar surface area (TPSA) is 29.5 Å². The molecule has 3 aliphatic rings. The van der Waals surface area contributed by atoms with E-state index in [0.29, 0.717) is 11.8 Å². The Kier molecular flexibility index (Phi) is 3.58. The Labute approximate surface area is 141 Å². The van der Waals surface area contributed by atoms with Crippen molar-refractivity contribution in [2.45, 2.75) is 57.5 Å². The Bertz CT molecular complexity index is 599. The van der Waals surface area contributed by atoms with E-state index in [9.17, 15) is 5.11 Å². The van der Waals surface area contributed by atoms with Crippen molar-refractivity contribution in [2.75, 3.05) is 7.11 Å². The zero-order valence-electron chi connectivity index (χ0n) is 13.4. The van der Waals surface area contributed by atoms with Crippen LogP contribution in [0.1, 0.15) is 56.1 Å². The molecule has 0 bridgehead atoms. The van der Waals surface area contributed by atoms with Gasteiger partial charge in [0.2, 0.25) is 0 Å². The van der Waals surface area contributed by atoms with Crippen LogP contribution in [-0.2, 0) is 6.42 Å². The van der Waals surface area contributed by atoms with Crippen molar-refractivity contribution in [1.82, 2.24) is 0 Å². The molecule has 5 atom stereocenters. The highest BCUT2D eigenvalue weighted by Crippen LogP contribution is 2.61. The molecule has 0 unspecified atom stereocenters. The quantitative estimate of drug-likeness (QED) is 0.783. The number of methoxy groups -OCH3 is 1. The summed E-state index contributed by atoms with van der Waals surface area (Å²) < 4.78 is 6.60. The lowest BCUT2D eigenvalue weighted by molar-refractivity contribution is -0.0226. The molecule has 2 nitrogen and oxygen atoms in total. The highest BCUT2D eigenvalue weighted by atomic mass is 79.9. The van der Waals surface area contributed by atoms with E-state index in [-0.39, 0.29) is 11.5 Å². The number of ether oxygens (including phenoxy) is 1. The molecule has 0 spiro atoms. The molecule has 0 amide bonds. The maximum Gasteiger partial charge on any atom is 0.133 e. The fraction of sp³-hybridized carbons (Fsp3) is 0.684. The van der Waals surface area contributed by atoms with E-state index < -0.39 is 0 Å². The van der Waals surface area contributed by atoms with E-state index in [1.165, 1.54) is 36.8 Å². The van der Waals surface area contributed by atoms with Gasteiger partial charge in [-0.15, -0.1) is 0 Å². The maximum absolute atomic E-state index is 10.5. The van der Waals surface area contributed by atoms with Crippen molar-refractivity contribution >= 4 is 15.9 Å². The Balaban J connectivity index is 1.72. The van der Waals surface area contributed by atoms with Gasteiger partial charge < -0.3 is 9.84 Å². The van der Waals surface area contributed by atoms with E-state index in [1.807, 2.05) is 0 Å². The molecule has 2 saturated carbocycles. The van der Waals surface area contributed by atoms with Gasteiger partial charge in [0.05, 0.1) is 17.7 Å². The second-order valence-electron chi connectivity index (χ2n) is 7.74. The van der Waals surface area contributed by atoms with E-state index in [1.54, 1.807) is 7.11 Å². The molecule has 0 heterocycles. The van der Waals surface area contributed by atoms with Crippen LogP contribution in [-0.4, -0.2) is 18.3 Å². The van der Waals surface area contributed by atoms with Crippen molar-refractivity contribution in [3.63, 3.8) is 0 Å². The largest absolute Gasteiger partial charge is 0.496 e. The summed E-state index contributed by atoms with van der Waals surface area (Å²) in [4.78, 5) is 0. The fourth-order valence-electron chi connectivity index (χ4n) is 5.70. The number of rotatable bonds is 1. The summed E-state index contributed by atoms with van der Waals surface area (Å²) in [6, 6.07) is 4.53. The van der Waals surface area contributed by atoms with E-state index in [4.69, 9.17) is 4.74 Å². The third-order valence-electron chi connectivity index (χ3n) is 6.95. The van der Waals surface area contributed by atoms with Crippen LogP contribution in [0.15, 0.2) is 16.6 Å². The molecule has 1 aromatic rings. The number of halogens is 1. The lowest BCUT2D eigenvalue weighted by Crippen LogP contribution is -2.43. The smallest absolute Gasteiger partial charge is 0.133 e. The predicted octanol–water partition coefficient (Wildman–Crippen LogP) is 4.67. The van der Waals surface area contributed by atoms with Crippen LogP contribution in [0.4, 0.5) is 0 Å². The van der Waals surface area contributed by atoms with Gasteiger partial charge >= 0.3 is 0 Å². The fourth-order valence-corrected chi connectivity index (χ4v) is 6.25. The van der Waals surface area contributed by atoms with Gasteiger partial charge in [-0.05, 0) is 101 Å². The highest BCUT2D eigenvalue weighted by Gasteiger charge is 2.54. The van der Waals surface area contributed by atoms with Gasteiger partial charge in [0.15, 0.2) is 0 Å². The second kappa shape index (κ2) is 5.24. The van der Waals surface area contributed by atoms with Gasteiger partial charge in [-0.1, -0.05) is 6.92 Å². The second-order valence-corrected chi connectivity index (χ2v) is 8.59. The minimum absolute atomic E-state index is 0.0840. The van der Waals surface area contributed by atoms with Crippen molar-refractivity contribution in [2.24, 2.45) is 17.3 Å². The van der Waals surface area contributed by atoms with E-state index in [2.05, 4.69) is 35.0 Å². The normalized spacial score (nSPS) is 39.8. The minimum atomic E-state index is -0.0840. The third kappa shape index (κ3) is 2.01. The Morgan fingerprint density at radius 3 is 2.82 bits per heavy atom. The molecule has 3 heteroatoms. The first-order chi connectivity index (χ1) is 10.5. The van der Waals surface area contributed by atoms with Crippen LogP contribution >= 0.6 is 15.9 Å². The predicted molar refractivity (Wildman–Crippen MR) is 91.3 cm³/mol.